The van der Waals surface area contributed by atoms with Crippen LogP contribution in [-0.4, -0.2) is 13.3 Å². The van der Waals surface area contributed by atoms with Gasteiger partial charge in [0.2, 0.25) is 0 Å². The van der Waals surface area contributed by atoms with Gasteiger partial charge in [0.1, 0.15) is 11.0 Å². The minimum absolute atomic E-state index is 0.0540. The summed E-state index contributed by atoms with van der Waals surface area (Å²) < 4.78 is 12.2. The van der Waals surface area contributed by atoms with Crippen molar-refractivity contribution in [1.29, 1.82) is 0 Å². The molecule has 0 spiro atoms. The van der Waals surface area contributed by atoms with Gasteiger partial charge >= 0.3 is 0 Å². The molecule has 0 amide bonds. The van der Waals surface area contributed by atoms with Crippen molar-refractivity contribution in [3.8, 4) is 27.9 Å². The third kappa shape index (κ3) is 6.29. The number of benzene rings is 7. The highest BCUT2D eigenvalue weighted by Gasteiger charge is 2.22. The van der Waals surface area contributed by atoms with Crippen LogP contribution in [0.15, 0.2) is 158 Å². The van der Waals surface area contributed by atoms with Crippen LogP contribution in [0.5, 0.6) is 0 Å². The molecular weight excluding hydrogens is 689 g/mol. The predicted octanol–water partition coefficient (Wildman–Crippen LogP) is 14.2. The SMILES string of the molecule is CC(C)(C)c1ccc(-c2ccc(N(c3ccc(C(C)(C)C)cc3)c3ccc(-c4ccc(-n5c6ccccc6c6ccccc65)cc4)c4nsnc34)cc2)cc1. The average Bonchev–Trinajstić information content (AvgIpc) is 3.82. The smallest absolute Gasteiger partial charge is 0.129 e. The molecule has 7 aromatic carbocycles. The Labute approximate surface area is 327 Å². The number of rotatable bonds is 6. The van der Waals surface area contributed by atoms with Crippen molar-refractivity contribution < 1.29 is 0 Å². The molecule has 2 heterocycles. The largest absolute Gasteiger partial charge is 0.309 e. The van der Waals surface area contributed by atoms with Gasteiger partial charge in [-0.1, -0.05) is 139 Å². The molecule has 9 rings (SSSR count). The minimum atomic E-state index is 0.0540. The van der Waals surface area contributed by atoms with Crippen molar-refractivity contribution in [3.05, 3.63) is 169 Å². The van der Waals surface area contributed by atoms with Gasteiger partial charge in [-0.15, -0.1) is 0 Å². The molecule has 5 heteroatoms. The maximum atomic E-state index is 4.94. The fourth-order valence-electron chi connectivity index (χ4n) is 7.76. The van der Waals surface area contributed by atoms with Crippen LogP contribution in [0, 0.1) is 0 Å². The highest BCUT2D eigenvalue weighted by atomic mass is 32.1. The molecule has 0 aliphatic carbocycles. The number of nitrogens with zero attached hydrogens (tertiary/aromatic N) is 4. The Bertz CT molecular complexity index is 2740. The Hall–Kier alpha value is -6.04. The molecule has 0 aliphatic heterocycles. The lowest BCUT2D eigenvalue weighted by Crippen LogP contribution is -2.13. The Balaban J connectivity index is 1.11. The van der Waals surface area contributed by atoms with Crippen molar-refractivity contribution in [2.75, 3.05) is 4.90 Å². The molecule has 0 aliphatic rings. The van der Waals surface area contributed by atoms with Crippen LogP contribution in [0.25, 0.3) is 60.8 Å². The molecule has 0 fully saturated rings. The molecule has 9 aromatic rings. The second-order valence-electron chi connectivity index (χ2n) is 16.5. The van der Waals surface area contributed by atoms with Gasteiger partial charge < -0.3 is 9.47 Å². The molecule has 0 saturated heterocycles. The van der Waals surface area contributed by atoms with E-state index in [9.17, 15) is 0 Å². The summed E-state index contributed by atoms with van der Waals surface area (Å²) in [5.74, 6) is 0. The lowest BCUT2D eigenvalue weighted by atomic mass is 9.86. The van der Waals surface area contributed by atoms with Crippen LogP contribution >= 0.6 is 11.7 Å². The van der Waals surface area contributed by atoms with Crippen molar-refractivity contribution in [2.24, 2.45) is 0 Å². The van der Waals surface area contributed by atoms with E-state index in [1.807, 2.05) is 0 Å². The molecule has 0 unspecified atom stereocenters. The fraction of sp³-hybridized carbons (Fsp3) is 0.160. The number of aromatic nitrogens is 3. The van der Waals surface area contributed by atoms with Gasteiger partial charge in [0.15, 0.2) is 0 Å². The number of hydrogen-bond acceptors (Lipinski definition) is 4. The minimum Gasteiger partial charge on any atom is -0.309 e. The molecule has 270 valence electrons. The molecule has 0 radical (unpaired) electrons. The van der Waals surface area contributed by atoms with Crippen LogP contribution in [0.4, 0.5) is 17.1 Å². The topological polar surface area (TPSA) is 34.0 Å². The van der Waals surface area contributed by atoms with Crippen molar-refractivity contribution in [3.63, 3.8) is 0 Å². The number of para-hydroxylation sites is 2. The third-order valence-corrected chi connectivity index (χ3v) is 11.4. The van der Waals surface area contributed by atoms with E-state index in [-0.39, 0.29) is 10.8 Å². The number of hydrogen-bond donors (Lipinski definition) is 0. The van der Waals surface area contributed by atoms with E-state index in [0.717, 1.165) is 44.9 Å². The van der Waals surface area contributed by atoms with Crippen molar-refractivity contribution in [1.82, 2.24) is 13.3 Å². The van der Waals surface area contributed by atoms with Gasteiger partial charge in [-0.05, 0) is 99.3 Å². The molecule has 0 atom stereocenters. The fourth-order valence-corrected chi connectivity index (χ4v) is 8.33. The lowest BCUT2D eigenvalue weighted by molar-refractivity contribution is 0.590. The van der Waals surface area contributed by atoms with E-state index < -0.39 is 0 Å². The zero-order chi connectivity index (χ0) is 37.9. The van der Waals surface area contributed by atoms with Gasteiger partial charge in [-0.3, -0.25) is 0 Å². The zero-order valence-corrected chi connectivity index (χ0v) is 33.0. The van der Waals surface area contributed by atoms with Gasteiger partial charge in [0.25, 0.3) is 0 Å². The molecule has 0 N–H and O–H groups in total. The summed E-state index contributed by atoms with van der Waals surface area (Å²) in [7, 11) is 0. The summed E-state index contributed by atoms with van der Waals surface area (Å²) in [6.07, 6.45) is 0. The Morgan fingerprint density at radius 2 is 0.909 bits per heavy atom. The lowest BCUT2D eigenvalue weighted by Gasteiger charge is -2.27. The molecule has 0 saturated carbocycles. The second-order valence-corrected chi connectivity index (χ2v) is 17.0. The van der Waals surface area contributed by atoms with Crippen LogP contribution < -0.4 is 4.90 Å². The summed E-state index contributed by atoms with van der Waals surface area (Å²) in [5, 5.41) is 2.52. The first-order valence-corrected chi connectivity index (χ1v) is 19.7. The summed E-state index contributed by atoms with van der Waals surface area (Å²) in [4.78, 5) is 2.32. The van der Waals surface area contributed by atoms with Crippen LogP contribution in [-0.2, 0) is 10.8 Å². The second kappa shape index (κ2) is 13.4. The van der Waals surface area contributed by atoms with Gasteiger partial charge in [-0.25, -0.2) is 0 Å². The average molecular weight is 733 g/mol. The third-order valence-electron chi connectivity index (χ3n) is 10.9. The summed E-state index contributed by atoms with van der Waals surface area (Å²) in [6.45, 7) is 13.5. The standard InChI is InChI=1S/C50H44N4S/c1-49(2,3)36-21-15-33(16-22-36)34-17-25-38(26-18-34)53(39-29-23-37(24-30-39)50(4,5)6)46-32-31-41(47-48(46)52-55-51-47)35-19-27-40(28-20-35)54-44-13-9-7-11-42(44)43-12-8-10-14-45(43)54/h7-32H,1-6H3. The summed E-state index contributed by atoms with van der Waals surface area (Å²) >= 11 is 1.27. The number of fused-ring (bicyclic) bond motifs is 4. The van der Waals surface area contributed by atoms with Crippen LogP contribution in [0.2, 0.25) is 0 Å². The van der Waals surface area contributed by atoms with E-state index in [0.29, 0.717) is 0 Å². The highest BCUT2D eigenvalue weighted by molar-refractivity contribution is 7.00. The quantitative estimate of drug-likeness (QED) is 0.171. The van der Waals surface area contributed by atoms with E-state index in [2.05, 4.69) is 209 Å². The molecule has 2 aromatic heterocycles. The van der Waals surface area contributed by atoms with Crippen molar-refractivity contribution >= 4 is 61.6 Å². The van der Waals surface area contributed by atoms with Gasteiger partial charge in [0.05, 0.1) is 28.4 Å². The van der Waals surface area contributed by atoms with Gasteiger partial charge in [0, 0.05) is 33.4 Å². The Kier molecular flexibility index (Phi) is 8.43. The molecule has 0 bridgehead atoms. The number of anilines is 3. The molecular formula is C50H44N4S. The van der Waals surface area contributed by atoms with E-state index in [1.165, 1.54) is 55.8 Å². The zero-order valence-electron chi connectivity index (χ0n) is 32.2. The Morgan fingerprint density at radius 3 is 1.45 bits per heavy atom. The van der Waals surface area contributed by atoms with E-state index in [1.54, 1.807) is 0 Å². The monoisotopic (exact) mass is 732 g/mol. The highest BCUT2D eigenvalue weighted by Crippen LogP contribution is 2.43. The van der Waals surface area contributed by atoms with Crippen LogP contribution in [0.1, 0.15) is 52.7 Å². The van der Waals surface area contributed by atoms with Crippen molar-refractivity contribution in [2.45, 2.75) is 52.4 Å². The molecule has 4 nitrogen and oxygen atoms in total. The maximum absolute atomic E-state index is 4.94. The Morgan fingerprint density at radius 1 is 0.455 bits per heavy atom. The van der Waals surface area contributed by atoms with Gasteiger partial charge in [-0.2, -0.15) is 8.75 Å². The predicted molar refractivity (Wildman–Crippen MR) is 235 cm³/mol. The maximum Gasteiger partial charge on any atom is 0.129 e. The first kappa shape index (κ1) is 34.7. The van der Waals surface area contributed by atoms with E-state index >= 15 is 0 Å². The normalized spacial score (nSPS) is 12.2. The van der Waals surface area contributed by atoms with E-state index in [4.69, 9.17) is 8.75 Å². The molecule has 55 heavy (non-hydrogen) atoms. The first-order chi connectivity index (χ1) is 26.5. The summed E-state index contributed by atoms with van der Waals surface area (Å²) in [6, 6.07) is 57.3. The summed E-state index contributed by atoms with van der Waals surface area (Å²) in [5.41, 5.74) is 15.8. The van der Waals surface area contributed by atoms with Crippen LogP contribution in [0.3, 0.4) is 0 Å². The first-order valence-electron chi connectivity index (χ1n) is 19.0.